The van der Waals surface area contributed by atoms with Crippen molar-refractivity contribution in [3.05, 3.63) is 26.8 Å². The molecule has 12 heavy (non-hydrogen) atoms. The van der Waals surface area contributed by atoms with E-state index in [2.05, 4.69) is 0 Å². The zero-order chi connectivity index (χ0) is 9.35. The van der Waals surface area contributed by atoms with E-state index < -0.39 is 9.05 Å². The first-order valence-corrected chi connectivity index (χ1v) is 6.57. The number of benzene rings is 1. The molecule has 0 aliphatic carbocycles. The van der Waals surface area contributed by atoms with Crippen molar-refractivity contribution < 1.29 is 8.42 Å². The number of rotatable bonds is 1. The Balaban J connectivity index is 3.37. The molecule has 0 saturated heterocycles. The van der Waals surface area contributed by atoms with Crippen LogP contribution in [0.15, 0.2) is 23.1 Å². The lowest BCUT2D eigenvalue weighted by molar-refractivity contribution is 0.609. The Morgan fingerprint density at radius 3 is 2.25 bits per heavy atom. The normalized spacial score (nSPS) is 11.6. The molecule has 0 saturated carbocycles. The van der Waals surface area contributed by atoms with E-state index >= 15 is 0 Å². The maximum Gasteiger partial charge on any atom is 0.261 e. The van der Waals surface area contributed by atoms with Gasteiger partial charge in [0.25, 0.3) is 9.05 Å². The lowest BCUT2D eigenvalue weighted by atomic mass is 10.4. The van der Waals surface area contributed by atoms with Gasteiger partial charge in [-0.1, -0.05) is 11.6 Å². The van der Waals surface area contributed by atoms with Gasteiger partial charge in [-0.25, -0.2) is 8.42 Å². The molecular formula is C6H3Cl2IO2S. The van der Waals surface area contributed by atoms with Crippen LogP contribution in [0.25, 0.3) is 0 Å². The SMILES string of the molecule is O=S(=O)(Cl)c1cc(Cl)cc(I)c1. The van der Waals surface area contributed by atoms with E-state index in [-0.39, 0.29) is 4.90 Å². The lowest BCUT2D eigenvalue weighted by Gasteiger charge is -1.97. The topological polar surface area (TPSA) is 34.1 Å². The van der Waals surface area contributed by atoms with Gasteiger partial charge in [0.2, 0.25) is 0 Å². The smallest absolute Gasteiger partial charge is 0.207 e. The average molecular weight is 337 g/mol. The zero-order valence-electron chi connectivity index (χ0n) is 5.59. The van der Waals surface area contributed by atoms with Crippen LogP contribution in [0.2, 0.25) is 5.02 Å². The van der Waals surface area contributed by atoms with Gasteiger partial charge in [-0.3, -0.25) is 0 Å². The Morgan fingerprint density at radius 1 is 1.25 bits per heavy atom. The molecule has 0 amide bonds. The summed E-state index contributed by atoms with van der Waals surface area (Å²) in [6.45, 7) is 0. The predicted molar refractivity (Wildman–Crippen MR) is 57.2 cm³/mol. The van der Waals surface area contributed by atoms with Crippen molar-refractivity contribution in [2.45, 2.75) is 4.90 Å². The van der Waals surface area contributed by atoms with Crippen molar-refractivity contribution in [1.82, 2.24) is 0 Å². The van der Waals surface area contributed by atoms with E-state index in [0.717, 1.165) is 3.57 Å². The minimum Gasteiger partial charge on any atom is -0.207 e. The van der Waals surface area contributed by atoms with Crippen molar-refractivity contribution >= 4 is 53.9 Å². The largest absolute Gasteiger partial charge is 0.261 e. The van der Waals surface area contributed by atoms with E-state index in [1.165, 1.54) is 12.1 Å². The maximum absolute atomic E-state index is 10.8. The first-order valence-electron chi connectivity index (χ1n) is 2.80. The van der Waals surface area contributed by atoms with Crippen LogP contribution in [0.4, 0.5) is 0 Å². The van der Waals surface area contributed by atoms with E-state index in [4.69, 9.17) is 22.3 Å². The van der Waals surface area contributed by atoms with Gasteiger partial charge >= 0.3 is 0 Å². The van der Waals surface area contributed by atoms with Crippen molar-refractivity contribution in [1.29, 1.82) is 0 Å². The van der Waals surface area contributed by atoms with Crippen LogP contribution in [0.5, 0.6) is 0 Å². The third kappa shape index (κ3) is 2.76. The number of hydrogen-bond donors (Lipinski definition) is 0. The van der Waals surface area contributed by atoms with Gasteiger partial charge in [0.05, 0.1) is 4.90 Å². The summed E-state index contributed by atoms with van der Waals surface area (Å²) in [7, 11) is 1.45. The molecule has 0 radical (unpaired) electrons. The molecule has 0 heterocycles. The van der Waals surface area contributed by atoms with Crippen LogP contribution in [0, 0.1) is 3.57 Å². The molecule has 1 rings (SSSR count). The molecule has 0 atom stereocenters. The van der Waals surface area contributed by atoms with E-state index in [0.29, 0.717) is 5.02 Å². The van der Waals surface area contributed by atoms with Crippen LogP contribution in [0.3, 0.4) is 0 Å². The monoisotopic (exact) mass is 336 g/mol. The van der Waals surface area contributed by atoms with Gasteiger partial charge in [0.15, 0.2) is 0 Å². The van der Waals surface area contributed by atoms with Crippen molar-refractivity contribution in [2.75, 3.05) is 0 Å². The van der Waals surface area contributed by atoms with Gasteiger partial charge in [-0.05, 0) is 40.8 Å². The molecule has 0 unspecified atom stereocenters. The summed E-state index contributed by atoms with van der Waals surface area (Å²) in [6, 6.07) is 4.41. The molecule has 0 bridgehead atoms. The first-order chi connectivity index (χ1) is 5.39. The molecule has 0 fully saturated rings. The van der Waals surface area contributed by atoms with Crippen LogP contribution >= 0.6 is 44.9 Å². The number of halogens is 3. The standard InChI is InChI=1S/C6H3Cl2IO2S/c7-4-1-5(9)3-6(2-4)12(8,10)11/h1-3H. The predicted octanol–water partition coefficient (Wildman–Crippen LogP) is 2.87. The third-order valence-electron chi connectivity index (χ3n) is 1.12. The Bertz CT molecular complexity index is 382. The maximum atomic E-state index is 10.8. The van der Waals surface area contributed by atoms with E-state index in [9.17, 15) is 8.42 Å². The second-order valence-electron chi connectivity index (χ2n) is 2.04. The van der Waals surface area contributed by atoms with Crippen molar-refractivity contribution in [3.8, 4) is 0 Å². The fraction of sp³-hybridized carbons (Fsp3) is 0. The molecule has 1 aromatic rings. The summed E-state index contributed by atoms with van der Waals surface area (Å²) in [5.74, 6) is 0. The van der Waals surface area contributed by atoms with Gasteiger partial charge < -0.3 is 0 Å². The highest BCUT2D eigenvalue weighted by atomic mass is 127. The first kappa shape index (κ1) is 10.6. The Kier molecular flexibility index (Phi) is 3.25. The molecule has 6 heteroatoms. The molecule has 1 aromatic carbocycles. The fourth-order valence-corrected chi connectivity index (χ4v) is 2.84. The second-order valence-corrected chi connectivity index (χ2v) is 6.29. The zero-order valence-corrected chi connectivity index (χ0v) is 10.1. The molecule has 0 aromatic heterocycles. The van der Waals surface area contributed by atoms with Crippen molar-refractivity contribution in [2.24, 2.45) is 0 Å². The highest BCUT2D eigenvalue weighted by Gasteiger charge is 2.10. The fourth-order valence-electron chi connectivity index (χ4n) is 0.669. The number of hydrogen-bond acceptors (Lipinski definition) is 2. The van der Waals surface area contributed by atoms with Crippen LogP contribution in [-0.4, -0.2) is 8.42 Å². The average Bonchev–Trinajstić information content (AvgIpc) is 1.82. The highest BCUT2D eigenvalue weighted by Crippen LogP contribution is 2.22. The summed E-state index contributed by atoms with van der Waals surface area (Å²) >= 11 is 7.59. The molecule has 2 nitrogen and oxygen atoms in total. The Labute approximate surface area is 93.4 Å². The summed E-state index contributed by atoms with van der Waals surface area (Å²) in [5.41, 5.74) is 0. The van der Waals surface area contributed by atoms with Crippen LogP contribution < -0.4 is 0 Å². The molecule has 0 N–H and O–H groups in total. The molecule has 0 aliphatic heterocycles. The van der Waals surface area contributed by atoms with Crippen molar-refractivity contribution in [3.63, 3.8) is 0 Å². The minimum atomic E-state index is -3.66. The minimum absolute atomic E-state index is 0.0288. The summed E-state index contributed by atoms with van der Waals surface area (Å²) in [6.07, 6.45) is 0. The molecule has 66 valence electrons. The van der Waals surface area contributed by atoms with E-state index in [1.54, 1.807) is 6.07 Å². The van der Waals surface area contributed by atoms with Crippen LogP contribution in [-0.2, 0) is 9.05 Å². The molecule has 0 spiro atoms. The van der Waals surface area contributed by atoms with Gasteiger partial charge in [0.1, 0.15) is 0 Å². The third-order valence-corrected chi connectivity index (χ3v) is 3.29. The summed E-state index contributed by atoms with van der Waals surface area (Å²) < 4.78 is 22.4. The van der Waals surface area contributed by atoms with Gasteiger partial charge in [-0.15, -0.1) is 0 Å². The molecule has 0 aliphatic rings. The van der Waals surface area contributed by atoms with Gasteiger partial charge in [0, 0.05) is 19.3 Å². The Morgan fingerprint density at radius 2 is 1.83 bits per heavy atom. The molecular weight excluding hydrogens is 334 g/mol. The quantitative estimate of drug-likeness (QED) is 0.583. The lowest BCUT2D eigenvalue weighted by Crippen LogP contribution is -1.90. The van der Waals surface area contributed by atoms with Gasteiger partial charge in [-0.2, -0.15) is 0 Å². The van der Waals surface area contributed by atoms with Crippen LogP contribution in [0.1, 0.15) is 0 Å². The summed E-state index contributed by atoms with van der Waals surface area (Å²) in [4.78, 5) is 0.0288. The highest BCUT2D eigenvalue weighted by molar-refractivity contribution is 14.1. The summed E-state index contributed by atoms with van der Waals surface area (Å²) in [5, 5.41) is 0.362. The van der Waals surface area contributed by atoms with E-state index in [1.807, 2.05) is 22.6 Å². The second kappa shape index (κ2) is 3.69. The Hall–Kier alpha value is 0.480.